The summed E-state index contributed by atoms with van der Waals surface area (Å²) < 4.78 is 0. The van der Waals surface area contributed by atoms with Crippen molar-refractivity contribution < 1.29 is 9.59 Å². The van der Waals surface area contributed by atoms with Crippen LogP contribution in [0.1, 0.15) is 17.3 Å². The molecule has 0 spiro atoms. The summed E-state index contributed by atoms with van der Waals surface area (Å²) in [7, 11) is 0. The van der Waals surface area contributed by atoms with E-state index in [4.69, 9.17) is 5.73 Å². The predicted octanol–water partition coefficient (Wildman–Crippen LogP) is 0.510. The molecule has 6 heteroatoms. The van der Waals surface area contributed by atoms with Crippen LogP contribution in [0.25, 0.3) is 10.9 Å². The van der Waals surface area contributed by atoms with E-state index in [2.05, 4.69) is 10.2 Å². The maximum atomic E-state index is 12.2. The van der Waals surface area contributed by atoms with Gasteiger partial charge in [-0.3, -0.25) is 14.7 Å². The van der Waals surface area contributed by atoms with Gasteiger partial charge in [0.25, 0.3) is 5.91 Å². The third kappa shape index (κ3) is 2.32. The molecule has 0 aliphatic rings. The summed E-state index contributed by atoms with van der Waals surface area (Å²) in [4.78, 5) is 24.5. The van der Waals surface area contributed by atoms with Gasteiger partial charge >= 0.3 is 0 Å². The number of nitrogens with two attached hydrogens (primary N) is 1. The van der Waals surface area contributed by atoms with Crippen LogP contribution >= 0.6 is 0 Å². The van der Waals surface area contributed by atoms with Crippen molar-refractivity contribution in [3.63, 3.8) is 0 Å². The van der Waals surface area contributed by atoms with Crippen LogP contribution in [-0.4, -0.2) is 40.0 Å². The number of hydrogen-bond donors (Lipinski definition) is 2. The standard InChI is InChI=1S/C12H14N4O2/c1-2-16(7-11(13)17)12(18)8-3-4-9-6-14-15-10(9)5-8/h3-6H,2,7H2,1H3,(H2,13,17)(H,14,15). The lowest BCUT2D eigenvalue weighted by molar-refractivity contribution is -0.118. The summed E-state index contributed by atoms with van der Waals surface area (Å²) in [6, 6.07) is 5.24. The van der Waals surface area contributed by atoms with Crippen molar-refractivity contribution in [2.24, 2.45) is 5.73 Å². The minimum absolute atomic E-state index is 0.0731. The highest BCUT2D eigenvalue weighted by Gasteiger charge is 2.16. The lowest BCUT2D eigenvalue weighted by Gasteiger charge is -2.18. The minimum atomic E-state index is -0.521. The molecule has 0 bridgehead atoms. The van der Waals surface area contributed by atoms with Gasteiger partial charge in [-0.2, -0.15) is 5.10 Å². The number of aromatic nitrogens is 2. The zero-order valence-electron chi connectivity index (χ0n) is 10.0. The Morgan fingerprint density at radius 1 is 1.44 bits per heavy atom. The number of aromatic amines is 1. The third-order valence-corrected chi connectivity index (χ3v) is 2.70. The van der Waals surface area contributed by atoms with Crippen molar-refractivity contribution in [1.29, 1.82) is 0 Å². The molecule has 0 radical (unpaired) electrons. The van der Waals surface area contributed by atoms with Gasteiger partial charge in [0.2, 0.25) is 5.91 Å². The monoisotopic (exact) mass is 246 g/mol. The number of hydrogen-bond acceptors (Lipinski definition) is 3. The molecule has 2 rings (SSSR count). The van der Waals surface area contributed by atoms with Crippen molar-refractivity contribution in [3.05, 3.63) is 30.0 Å². The minimum Gasteiger partial charge on any atom is -0.368 e. The van der Waals surface area contributed by atoms with Gasteiger partial charge in [0.05, 0.1) is 18.3 Å². The molecule has 18 heavy (non-hydrogen) atoms. The molecule has 1 aromatic heterocycles. The second kappa shape index (κ2) is 4.87. The fourth-order valence-electron chi connectivity index (χ4n) is 1.77. The molecule has 0 fully saturated rings. The van der Waals surface area contributed by atoms with E-state index >= 15 is 0 Å². The number of fused-ring (bicyclic) bond motifs is 1. The molecular formula is C12H14N4O2. The van der Waals surface area contributed by atoms with Crippen molar-refractivity contribution in [2.45, 2.75) is 6.92 Å². The summed E-state index contributed by atoms with van der Waals surface area (Å²) in [6.07, 6.45) is 1.69. The van der Waals surface area contributed by atoms with E-state index in [0.29, 0.717) is 12.1 Å². The number of amides is 2. The number of H-pyrrole nitrogens is 1. The first-order valence-electron chi connectivity index (χ1n) is 5.62. The summed E-state index contributed by atoms with van der Waals surface area (Å²) in [6.45, 7) is 2.16. The van der Waals surface area contributed by atoms with Gasteiger partial charge in [-0.25, -0.2) is 0 Å². The van der Waals surface area contributed by atoms with Crippen LogP contribution in [0.15, 0.2) is 24.4 Å². The number of primary amides is 1. The Bertz CT molecular complexity index is 591. The topological polar surface area (TPSA) is 92.1 Å². The van der Waals surface area contributed by atoms with Gasteiger partial charge < -0.3 is 10.6 Å². The Kier molecular flexibility index (Phi) is 3.27. The summed E-state index contributed by atoms with van der Waals surface area (Å²) in [5.74, 6) is -0.736. The van der Waals surface area contributed by atoms with Crippen LogP contribution in [0, 0.1) is 0 Å². The van der Waals surface area contributed by atoms with Crippen LogP contribution in [0.2, 0.25) is 0 Å². The van der Waals surface area contributed by atoms with Crippen molar-refractivity contribution in [2.75, 3.05) is 13.1 Å². The van der Waals surface area contributed by atoms with Gasteiger partial charge in [0.15, 0.2) is 0 Å². The Morgan fingerprint density at radius 3 is 2.89 bits per heavy atom. The van der Waals surface area contributed by atoms with E-state index in [0.717, 1.165) is 10.9 Å². The number of nitrogens with one attached hydrogen (secondary N) is 1. The first kappa shape index (κ1) is 12.1. The van der Waals surface area contributed by atoms with Gasteiger partial charge in [-0.15, -0.1) is 0 Å². The maximum Gasteiger partial charge on any atom is 0.254 e. The molecule has 94 valence electrons. The third-order valence-electron chi connectivity index (χ3n) is 2.70. The molecule has 2 aromatic rings. The second-order valence-corrected chi connectivity index (χ2v) is 3.96. The Balaban J connectivity index is 2.28. The van der Waals surface area contributed by atoms with E-state index in [1.807, 2.05) is 6.07 Å². The van der Waals surface area contributed by atoms with Crippen LogP contribution in [0.5, 0.6) is 0 Å². The fraction of sp³-hybridized carbons (Fsp3) is 0.250. The number of carbonyl (C=O) groups excluding carboxylic acids is 2. The normalized spacial score (nSPS) is 10.5. The predicted molar refractivity (Wildman–Crippen MR) is 66.9 cm³/mol. The Labute approximate surface area is 104 Å². The molecule has 1 aromatic carbocycles. The van der Waals surface area contributed by atoms with Gasteiger partial charge in [-0.05, 0) is 19.1 Å². The molecule has 6 nitrogen and oxygen atoms in total. The number of carbonyl (C=O) groups is 2. The van der Waals surface area contributed by atoms with Crippen molar-refractivity contribution >= 4 is 22.7 Å². The zero-order valence-corrected chi connectivity index (χ0v) is 10.0. The average molecular weight is 246 g/mol. The lowest BCUT2D eigenvalue weighted by atomic mass is 10.1. The van der Waals surface area contributed by atoms with Crippen molar-refractivity contribution in [3.8, 4) is 0 Å². The zero-order chi connectivity index (χ0) is 13.1. The van der Waals surface area contributed by atoms with Crippen LogP contribution in [-0.2, 0) is 4.79 Å². The highest BCUT2D eigenvalue weighted by Crippen LogP contribution is 2.14. The second-order valence-electron chi connectivity index (χ2n) is 3.96. The summed E-state index contributed by atoms with van der Waals surface area (Å²) in [5, 5.41) is 7.63. The van der Waals surface area contributed by atoms with E-state index in [9.17, 15) is 9.59 Å². The number of nitrogens with zero attached hydrogens (tertiary/aromatic N) is 2. The first-order chi connectivity index (χ1) is 8.61. The summed E-state index contributed by atoms with van der Waals surface area (Å²) in [5.41, 5.74) is 6.41. The lowest BCUT2D eigenvalue weighted by Crippen LogP contribution is -2.38. The molecule has 0 unspecified atom stereocenters. The molecule has 0 atom stereocenters. The van der Waals surface area contributed by atoms with Gasteiger partial charge in [0.1, 0.15) is 0 Å². The molecule has 0 saturated carbocycles. The Morgan fingerprint density at radius 2 is 2.22 bits per heavy atom. The van der Waals surface area contributed by atoms with Crippen LogP contribution < -0.4 is 5.73 Å². The SMILES string of the molecule is CCN(CC(N)=O)C(=O)c1ccc2cn[nH]c2c1. The van der Waals surface area contributed by atoms with E-state index in [-0.39, 0.29) is 12.5 Å². The number of likely N-dealkylation sites (N-methyl/N-ethyl adjacent to an activating group) is 1. The van der Waals surface area contributed by atoms with Crippen LogP contribution in [0.3, 0.4) is 0 Å². The van der Waals surface area contributed by atoms with E-state index in [1.54, 1.807) is 25.3 Å². The number of rotatable bonds is 4. The highest BCUT2D eigenvalue weighted by atomic mass is 16.2. The van der Waals surface area contributed by atoms with Crippen molar-refractivity contribution in [1.82, 2.24) is 15.1 Å². The molecule has 2 amide bonds. The first-order valence-corrected chi connectivity index (χ1v) is 5.62. The molecule has 1 heterocycles. The largest absolute Gasteiger partial charge is 0.368 e. The van der Waals surface area contributed by atoms with Crippen LogP contribution in [0.4, 0.5) is 0 Å². The van der Waals surface area contributed by atoms with Gasteiger partial charge in [-0.1, -0.05) is 6.07 Å². The van der Waals surface area contributed by atoms with E-state index < -0.39 is 5.91 Å². The molecule has 0 aliphatic carbocycles. The summed E-state index contributed by atoms with van der Waals surface area (Å²) >= 11 is 0. The average Bonchev–Trinajstić information content (AvgIpc) is 2.81. The Hall–Kier alpha value is -2.37. The molecular weight excluding hydrogens is 232 g/mol. The smallest absolute Gasteiger partial charge is 0.254 e. The maximum absolute atomic E-state index is 12.2. The van der Waals surface area contributed by atoms with Gasteiger partial charge in [0, 0.05) is 17.5 Å². The molecule has 0 aliphatic heterocycles. The number of benzene rings is 1. The fourth-order valence-corrected chi connectivity index (χ4v) is 1.77. The highest BCUT2D eigenvalue weighted by molar-refractivity contribution is 5.99. The molecule has 3 N–H and O–H groups in total. The van der Waals surface area contributed by atoms with E-state index in [1.165, 1.54) is 4.90 Å². The molecule has 0 saturated heterocycles. The quantitative estimate of drug-likeness (QED) is 0.823.